The summed E-state index contributed by atoms with van der Waals surface area (Å²) in [5.41, 5.74) is 1.06. The van der Waals surface area contributed by atoms with Crippen LogP contribution in [0.1, 0.15) is 11.1 Å². The molecule has 2 aromatic carbocycles. The van der Waals surface area contributed by atoms with Crippen LogP contribution in [0.2, 0.25) is 0 Å². The van der Waals surface area contributed by atoms with E-state index in [9.17, 15) is 18.9 Å². The van der Waals surface area contributed by atoms with Gasteiger partial charge in [0, 0.05) is 29.8 Å². The zero-order valence-electron chi connectivity index (χ0n) is 11.2. The van der Waals surface area contributed by atoms with Crippen molar-refractivity contribution in [1.29, 1.82) is 0 Å². The summed E-state index contributed by atoms with van der Waals surface area (Å²) in [5, 5.41) is 13.8. The molecule has 0 saturated heterocycles. The molecule has 0 atom stereocenters. The molecule has 0 aliphatic heterocycles. The molecule has 0 aliphatic rings. The molecule has 4 nitrogen and oxygen atoms in total. The number of hydrogen-bond acceptors (Lipinski definition) is 3. The summed E-state index contributed by atoms with van der Waals surface area (Å²) in [4.78, 5) is 10.4. The highest BCUT2D eigenvalue weighted by atomic mass is 19.1. The standard InChI is InChI=1S/C15H14F2N2O2/c16-13-6-5-12(14(17)9-13)10-18-8-7-11-3-1-2-4-15(11)19(20)21/h1-6,9,18H,7-8,10H2. The number of nitrogens with zero attached hydrogens (tertiary/aromatic N) is 1. The topological polar surface area (TPSA) is 55.2 Å². The van der Waals surface area contributed by atoms with Gasteiger partial charge in [-0.2, -0.15) is 0 Å². The van der Waals surface area contributed by atoms with Crippen molar-refractivity contribution >= 4 is 5.69 Å². The van der Waals surface area contributed by atoms with Crippen molar-refractivity contribution in [2.45, 2.75) is 13.0 Å². The average Bonchev–Trinajstić information content (AvgIpc) is 2.45. The number of para-hydroxylation sites is 1. The summed E-state index contributed by atoms with van der Waals surface area (Å²) in [6.07, 6.45) is 0.458. The van der Waals surface area contributed by atoms with Crippen LogP contribution < -0.4 is 5.32 Å². The summed E-state index contributed by atoms with van der Waals surface area (Å²) in [6, 6.07) is 9.90. The van der Waals surface area contributed by atoms with Gasteiger partial charge >= 0.3 is 0 Å². The van der Waals surface area contributed by atoms with E-state index in [1.54, 1.807) is 18.2 Å². The lowest BCUT2D eigenvalue weighted by Gasteiger charge is -2.06. The van der Waals surface area contributed by atoms with Gasteiger partial charge in [0.1, 0.15) is 11.6 Å². The highest BCUT2D eigenvalue weighted by Gasteiger charge is 2.11. The first kappa shape index (κ1) is 15.1. The van der Waals surface area contributed by atoms with Gasteiger partial charge in [0.05, 0.1) is 4.92 Å². The fraction of sp³-hybridized carbons (Fsp3) is 0.200. The van der Waals surface area contributed by atoms with Gasteiger partial charge in [-0.25, -0.2) is 8.78 Å². The number of benzene rings is 2. The smallest absolute Gasteiger partial charge is 0.272 e. The Labute approximate surface area is 120 Å². The van der Waals surface area contributed by atoms with Crippen LogP contribution in [-0.2, 0) is 13.0 Å². The van der Waals surface area contributed by atoms with Crippen molar-refractivity contribution in [3.05, 3.63) is 75.3 Å². The van der Waals surface area contributed by atoms with Gasteiger partial charge in [0.25, 0.3) is 5.69 Å². The van der Waals surface area contributed by atoms with Crippen LogP contribution >= 0.6 is 0 Å². The normalized spacial score (nSPS) is 10.6. The predicted octanol–water partition coefficient (Wildman–Crippen LogP) is 3.21. The van der Waals surface area contributed by atoms with E-state index in [4.69, 9.17) is 0 Å². The zero-order valence-corrected chi connectivity index (χ0v) is 11.2. The van der Waals surface area contributed by atoms with Gasteiger partial charge in [-0.15, -0.1) is 0 Å². The molecule has 0 bridgehead atoms. The van der Waals surface area contributed by atoms with Crippen LogP contribution in [0.3, 0.4) is 0 Å². The Morgan fingerprint density at radius 2 is 1.86 bits per heavy atom. The van der Waals surface area contributed by atoms with E-state index in [0.29, 0.717) is 24.1 Å². The van der Waals surface area contributed by atoms with Crippen molar-refractivity contribution < 1.29 is 13.7 Å². The van der Waals surface area contributed by atoms with Crippen LogP contribution in [0.4, 0.5) is 14.5 Å². The third-order valence-electron chi connectivity index (χ3n) is 3.09. The van der Waals surface area contributed by atoms with Gasteiger partial charge in [-0.05, 0) is 19.0 Å². The number of hydrogen-bond donors (Lipinski definition) is 1. The molecular weight excluding hydrogens is 278 g/mol. The largest absolute Gasteiger partial charge is 0.312 e. The maximum atomic E-state index is 13.4. The molecule has 2 aromatic rings. The zero-order chi connectivity index (χ0) is 15.2. The van der Waals surface area contributed by atoms with E-state index in [0.717, 1.165) is 6.07 Å². The minimum Gasteiger partial charge on any atom is -0.312 e. The fourth-order valence-electron chi connectivity index (χ4n) is 2.01. The number of nitro groups is 1. The van der Waals surface area contributed by atoms with Crippen LogP contribution in [-0.4, -0.2) is 11.5 Å². The molecule has 110 valence electrons. The Kier molecular flexibility index (Phi) is 4.94. The Hall–Kier alpha value is -2.34. The molecule has 0 amide bonds. The molecule has 21 heavy (non-hydrogen) atoms. The van der Waals surface area contributed by atoms with Gasteiger partial charge in [-0.1, -0.05) is 24.3 Å². The lowest BCUT2D eigenvalue weighted by Crippen LogP contribution is -2.18. The monoisotopic (exact) mass is 292 g/mol. The predicted molar refractivity (Wildman–Crippen MR) is 74.9 cm³/mol. The number of rotatable bonds is 6. The van der Waals surface area contributed by atoms with E-state index in [1.165, 1.54) is 18.2 Å². The average molecular weight is 292 g/mol. The fourth-order valence-corrected chi connectivity index (χ4v) is 2.01. The van der Waals surface area contributed by atoms with E-state index in [1.807, 2.05) is 0 Å². The highest BCUT2D eigenvalue weighted by molar-refractivity contribution is 5.39. The molecule has 1 N–H and O–H groups in total. The molecule has 2 rings (SSSR count). The van der Waals surface area contributed by atoms with Crippen molar-refractivity contribution in [1.82, 2.24) is 5.32 Å². The molecule has 0 radical (unpaired) electrons. The Morgan fingerprint density at radius 3 is 2.57 bits per heavy atom. The first-order valence-electron chi connectivity index (χ1n) is 6.45. The number of nitrogens with one attached hydrogen (secondary N) is 1. The van der Waals surface area contributed by atoms with Gasteiger partial charge in [-0.3, -0.25) is 10.1 Å². The maximum absolute atomic E-state index is 13.4. The number of nitro benzene ring substituents is 1. The molecule has 0 saturated carbocycles. The summed E-state index contributed by atoms with van der Waals surface area (Å²) in [5.74, 6) is -1.22. The number of halogens is 2. The second kappa shape index (κ2) is 6.90. The molecular formula is C15H14F2N2O2. The molecule has 0 unspecified atom stereocenters. The summed E-state index contributed by atoms with van der Waals surface area (Å²) >= 11 is 0. The Bertz CT molecular complexity index is 647. The lowest BCUT2D eigenvalue weighted by molar-refractivity contribution is -0.385. The van der Waals surface area contributed by atoms with Crippen LogP contribution in [0, 0.1) is 21.7 Å². The van der Waals surface area contributed by atoms with E-state index in [2.05, 4.69) is 5.32 Å². The molecule has 0 aromatic heterocycles. The van der Waals surface area contributed by atoms with Gasteiger partial charge < -0.3 is 5.32 Å². The van der Waals surface area contributed by atoms with Crippen LogP contribution in [0.15, 0.2) is 42.5 Å². The van der Waals surface area contributed by atoms with Crippen molar-refractivity contribution in [2.75, 3.05) is 6.54 Å². The summed E-state index contributed by atoms with van der Waals surface area (Å²) in [6.45, 7) is 0.703. The summed E-state index contributed by atoms with van der Waals surface area (Å²) < 4.78 is 26.2. The van der Waals surface area contributed by atoms with Crippen molar-refractivity contribution in [3.63, 3.8) is 0 Å². The Morgan fingerprint density at radius 1 is 1.10 bits per heavy atom. The lowest BCUT2D eigenvalue weighted by atomic mass is 10.1. The second-order valence-corrected chi connectivity index (χ2v) is 4.55. The van der Waals surface area contributed by atoms with E-state index < -0.39 is 16.6 Å². The third kappa shape index (κ3) is 4.06. The van der Waals surface area contributed by atoms with Crippen molar-refractivity contribution in [2.24, 2.45) is 0 Å². The molecule has 0 aliphatic carbocycles. The molecule has 0 fully saturated rings. The molecule has 0 spiro atoms. The highest BCUT2D eigenvalue weighted by Crippen LogP contribution is 2.17. The van der Waals surface area contributed by atoms with Gasteiger partial charge in [0.2, 0.25) is 0 Å². The van der Waals surface area contributed by atoms with E-state index >= 15 is 0 Å². The first-order chi connectivity index (χ1) is 10.1. The SMILES string of the molecule is O=[N+]([O-])c1ccccc1CCNCc1ccc(F)cc1F. The molecule has 0 heterocycles. The van der Waals surface area contributed by atoms with Crippen LogP contribution in [0.5, 0.6) is 0 Å². The minimum absolute atomic E-state index is 0.0762. The second-order valence-electron chi connectivity index (χ2n) is 4.55. The quantitative estimate of drug-likeness (QED) is 0.505. The van der Waals surface area contributed by atoms with Gasteiger partial charge in [0.15, 0.2) is 0 Å². The molecule has 6 heteroatoms. The van der Waals surface area contributed by atoms with E-state index in [-0.39, 0.29) is 12.2 Å². The van der Waals surface area contributed by atoms with Crippen molar-refractivity contribution in [3.8, 4) is 0 Å². The first-order valence-corrected chi connectivity index (χ1v) is 6.45. The Balaban J connectivity index is 1.89. The third-order valence-corrected chi connectivity index (χ3v) is 3.09. The minimum atomic E-state index is -0.615. The summed E-state index contributed by atoms with van der Waals surface area (Å²) in [7, 11) is 0. The van der Waals surface area contributed by atoms with Crippen LogP contribution in [0.25, 0.3) is 0 Å². The maximum Gasteiger partial charge on any atom is 0.272 e.